The van der Waals surface area contributed by atoms with E-state index in [1.807, 2.05) is 0 Å². The van der Waals surface area contributed by atoms with Crippen LogP contribution in [0.2, 0.25) is 5.02 Å². The van der Waals surface area contributed by atoms with Crippen LogP contribution in [0.3, 0.4) is 0 Å². The first kappa shape index (κ1) is 14.0. The van der Waals surface area contributed by atoms with E-state index in [-0.39, 0.29) is 5.91 Å². The number of hydrogen-bond donors (Lipinski definition) is 1. The maximum Gasteiger partial charge on any atom is 0.257 e. The molecule has 1 amide bonds. The quantitative estimate of drug-likeness (QED) is 0.841. The Bertz CT molecular complexity index is 471. The second kappa shape index (κ2) is 6.12. The highest BCUT2D eigenvalue weighted by atomic mass is 35.5. The summed E-state index contributed by atoms with van der Waals surface area (Å²) in [5, 5.41) is 0.357. The van der Waals surface area contributed by atoms with Gasteiger partial charge in [0.05, 0.1) is 30.0 Å². The molecular weight excluding hydrogens is 268 g/mol. The summed E-state index contributed by atoms with van der Waals surface area (Å²) < 4.78 is 10.5. The Morgan fingerprint density at radius 3 is 2.95 bits per heavy atom. The first-order chi connectivity index (χ1) is 9.13. The van der Waals surface area contributed by atoms with E-state index in [4.69, 9.17) is 26.8 Å². The zero-order chi connectivity index (χ0) is 13.8. The van der Waals surface area contributed by atoms with Crippen LogP contribution in [0.15, 0.2) is 12.1 Å². The molecule has 0 aromatic heterocycles. The predicted molar refractivity (Wildman–Crippen MR) is 73.8 cm³/mol. The van der Waals surface area contributed by atoms with Crippen molar-refractivity contribution < 1.29 is 14.3 Å². The van der Waals surface area contributed by atoms with E-state index in [2.05, 4.69) is 0 Å². The molecule has 6 heteroatoms. The summed E-state index contributed by atoms with van der Waals surface area (Å²) in [7, 11) is 1.50. The number of halogens is 1. The third-order valence-corrected chi connectivity index (χ3v) is 3.39. The molecule has 0 radical (unpaired) electrons. The van der Waals surface area contributed by atoms with Crippen LogP contribution in [0.25, 0.3) is 0 Å². The molecule has 0 atom stereocenters. The average molecular weight is 285 g/mol. The lowest BCUT2D eigenvalue weighted by Gasteiger charge is -2.21. The number of benzene rings is 1. The topological polar surface area (TPSA) is 64.8 Å². The molecule has 1 heterocycles. The molecule has 1 aliphatic heterocycles. The Balaban J connectivity index is 2.29. The molecule has 104 valence electrons. The molecular formula is C13H17ClN2O3. The van der Waals surface area contributed by atoms with Crippen molar-refractivity contribution in [2.24, 2.45) is 0 Å². The smallest absolute Gasteiger partial charge is 0.257 e. The van der Waals surface area contributed by atoms with Crippen molar-refractivity contribution in [3.8, 4) is 5.75 Å². The summed E-state index contributed by atoms with van der Waals surface area (Å²) in [6.07, 6.45) is 0.830. The summed E-state index contributed by atoms with van der Waals surface area (Å²) in [4.78, 5) is 14.2. The van der Waals surface area contributed by atoms with Crippen molar-refractivity contribution >= 4 is 23.2 Å². The molecule has 1 aliphatic rings. The van der Waals surface area contributed by atoms with E-state index in [0.29, 0.717) is 48.3 Å². The highest BCUT2D eigenvalue weighted by Crippen LogP contribution is 2.29. The molecule has 0 aliphatic carbocycles. The van der Waals surface area contributed by atoms with Gasteiger partial charge in [-0.15, -0.1) is 0 Å². The van der Waals surface area contributed by atoms with Crippen LogP contribution in [-0.2, 0) is 4.74 Å². The van der Waals surface area contributed by atoms with E-state index < -0.39 is 0 Å². The van der Waals surface area contributed by atoms with Gasteiger partial charge in [0.1, 0.15) is 5.75 Å². The van der Waals surface area contributed by atoms with Crippen LogP contribution in [-0.4, -0.2) is 44.2 Å². The number of anilines is 1. The minimum absolute atomic E-state index is 0.107. The van der Waals surface area contributed by atoms with Gasteiger partial charge in [-0.1, -0.05) is 11.6 Å². The second-order valence-electron chi connectivity index (χ2n) is 4.33. The number of nitrogen functional groups attached to an aromatic ring is 1. The first-order valence-corrected chi connectivity index (χ1v) is 6.51. The first-order valence-electron chi connectivity index (χ1n) is 6.13. The normalized spacial score (nSPS) is 16.0. The number of nitrogens with two attached hydrogens (primary N) is 1. The summed E-state index contributed by atoms with van der Waals surface area (Å²) in [6.45, 7) is 2.48. The Kier molecular flexibility index (Phi) is 4.50. The van der Waals surface area contributed by atoms with Crippen LogP contribution < -0.4 is 10.5 Å². The average Bonchev–Trinajstić information content (AvgIpc) is 2.69. The van der Waals surface area contributed by atoms with Gasteiger partial charge in [0.15, 0.2) is 0 Å². The Labute approximate surface area is 117 Å². The summed E-state index contributed by atoms with van der Waals surface area (Å²) >= 11 is 5.98. The molecule has 5 nitrogen and oxygen atoms in total. The lowest BCUT2D eigenvalue weighted by molar-refractivity contribution is 0.0738. The van der Waals surface area contributed by atoms with Crippen LogP contribution in [0, 0.1) is 0 Å². The molecule has 19 heavy (non-hydrogen) atoms. The zero-order valence-corrected chi connectivity index (χ0v) is 11.6. The lowest BCUT2D eigenvalue weighted by atomic mass is 10.1. The number of rotatable bonds is 2. The monoisotopic (exact) mass is 284 g/mol. The highest BCUT2D eigenvalue weighted by Gasteiger charge is 2.22. The molecule has 1 aromatic rings. The Morgan fingerprint density at radius 2 is 2.21 bits per heavy atom. The minimum Gasteiger partial charge on any atom is -0.496 e. The predicted octanol–water partition coefficient (Wildman–Crippen LogP) is 1.79. The van der Waals surface area contributed by atoms with Gasteiger partial charge in [-0.05, 0) is 12.5 Å². The SMILES string of the molecule is COc1cc(N)c(Cl)cc1C(=O)N1CCCOCC1. The van der Waals surface area contributed by atoms with Crippen molar-refractivity contribution in [1.82, 2.24) is 4.90 Å². The van der Waals surface area contributed by atoms with Gasteiger partial charge in [-0.25, -0.2) is 0 Å². The number of amides is 1. The molecule has 0 unspecified atom stereocenters. The summed E-state index contributed by atoms with van der Waals surface area (Å²) in [5.41, 5.74) is 6.54. The van der Waals surface area contributed by atoms with E-state index in [1.165, 1.54) is 7.11 Å². The van der Waals surface area contributed by atoms with Crippen molar-refractivity contribution in [3.05, 3.63) is 22.7 Å². The van der Waals surface area contributed by atoms with E-state index in [0.717, 1.165) is 6.42 Å². The third kappa shape index (κ3) is 3.11. The largest absolute Gasteiger partial charge is 0.496 e. The fourth-order valence-corrected chi connectivity index (χ4v) is 2.19. The fourth-order valence-electron chi connectivity index (χ4n) is 2.02. The molecule has 1 fully saturated rings. The number of hydrogen-bond acceptors (Lipinski definition) is 4. The van der Waals surface area contributed by atoms with Gasteiger partial charge in [0.25, 0.3) is 5.91 Å². The number of methoxy groups -OCH3 is 1. The number of carbonyl (C=O) groups is 1. The maximum atomic E-state index is 12.5. The number of ether oxygens (including phenoxy) is 2. The Morgan fingerprint density at radius 1 is 1.42 bits per heavy atom. The van der Waals surface area contributed by atoms with Gasteiger partial charge in [0.2, 0.25) is 0 Å². The lowest BCUT2D eigenvalue weighted by Crippen LogP contribution is -2.33. The van der Waals surface area contributed by atoms with Gasteiger partial charge in [-0.3, -0.25) is 4.79 Å². The third-order valence-electron chi connectivity index (χ3n) is 3.06. The van der Waals surface area contributed by atoms with Crippen LogP contribution >= 0.6 is 11.6 Å². The van der Waals surface area contributed by atoms with E-state index in [1.54, 1.807) is 17.0 Å². The van der Waals surface area contributed by atoms with Gasteiger partial charge >= 0.3 is 0 Å². The van der Waals surface area contributed by atoms with Crippen molar-refractivity contribution in [2.75, 3.05) is 39.1 Å². The van der Waals surface area contributed by atoms with Crippen LogP contribution in [0.1, 0.15) is 16.8 Å². The fraction of sp³-hybridized carbons (Fsp3) is 0.462. The van der Waals surface area contributed by atoms with E-state index >= 15 is 0 Å². The maximum absolute atomic E-state index is 12.5. The number of nitrogens with zero attached hydrogens (tertiary/aromatic N) is 1. The van der Waals surface area contributed by atoms with Gasteiger partial charge in [0, 0.05) is 25.8 Å². The van der Waals surface area contributed by atoms with Crippen molar-refractivity contribution in [2.45, 2.75) is 6.42 Å². The van der Waals surface area contributed by atoms with Gasteiger partial charge < -0.3 is 20.1 Å². The molecule has 2 rings (SSSR count). The second-order valence-corrected chi connectivity index (χ2v) is 4.74. The molecule has 0 spiro atoms. The van der Waals surface area contributed by atoms with Crippen LogP contribution in [0.5, 0.6) is 5.75 Å². The summed E-state index contributed by atoms with van der Waals surface area (Å²) in [5.74, 6) is 0.335. The number of carbonyl (C=O) groups excluding carboxylic acids is 1. The minimum atomic E-state index is -0.107. The van der Waals surface area contributed by atoms with E-state index in [9.17, 15) is 4.79 Å². The zero-order valence-electron chi connectivity index (χ0n) is 10.8. The molecule has 0 saturated carbocycles. The van der Waals surface area contributed by atoms with Crippen molar-refractivity contribution in [3.63, 3.8) is 0 Å². The molecule has 1 aromatic carbocycles. The van der Waals surface area contributed by atoms with Crippen LogP contribution in [0.4, 0.5) is 5.69 Å². The highest BCUT2D eigenvalue weighted by molar-refractivity contribution is 6.33. The standard InChI is InChI=1S/C13H17ClN2O3/c1-18-12-8-11(15)10(14)7-9(12)13(17)16-3-2-5-19-6-4-16/h7-8H,2-6,15H2,1H3. The van der Waals surface area contributed by atoms with Crippen molar-refractivity contribution in [1.29, 1.82) is 0 Å². The van der Waals surface area contributed by atoms with Gasteiger partial charge in [-0.2, -0.15) is 0 Å². The molecule has 0 bridgehead atoms. The summed E-state index contributed by atoms with van der Waals surface area (Å²) in [6, 6.07) is 3.13. The molecule has 1 saturated heterocycles. The Hall–Kier alpha value is -1.46. The molecule has 2 N–H and O–H groups in total.